The quantitative estimate of drug-likeness (QED) is 0.405. The zero-order valence-corrected chi connectivity index (χ0v) is 19.1. The first-order valence-corrected chi connectivity index (χ1v) is 11.5. The Kier molecular flexibility index (Phi) is 6.14. The fourth-order valence-corrected chi connectivity index (χ4v) is 4.27. The topological polar surface area (TPSA) is 74.0 Å². The second-order valence-electron chi connectivity index (χ2n) is 8.70. The zero-order chi connectivity index (χ0) is 22.0. The number of pyridine rings is 1. The first-order chi connectivity index (χ1) is 14.8. The smallest absolute Gasteiger partial charge is 0.167 e. The van der Waals surface area contributed by atoms with Crippen molar-refractivity contribution in [1.82, 2.24) is 14.9 Å². The Morgan fingerprint density at radius 1 is 1.03 bits per heavy atom. The van der Waals surface area contributed by atoms with Crippen LogP contribution < -0.4 is 4.72 Å². The molecule has 0 aliphatic rings. The summed E-state index contributed by atoms with van der Waals surface area (Å²) in [5.74, 6) is 0. The number of nitrogens with one attached hydrogen (secondary N) is 1. The molecule has 0 fully saturated rings. The number of hydrogen-bond acceptors (Lipinski definition) is 5. The van der Waals surface area contributed by atoms with Crippen LogP contribution in [0, 0.1) is 6.92 Å². The van der Waals surface area contributed by atoms with E-state index in [1.165, 1.54) is 0 Å². The van der Waals surface area contributed by atoms with E-state index in [4.69, 9.17) is 4.52 Å². The molecule has 4 aromatic rings. The number of rotatable bonds is 6. The predicted molar refractivity (Wildman–Crippen MR) is 126 cm³/mol. The van der Waals surface area contributed by atoms with E-state index >= 15 is 0 Å². The van der Waals surface area contributed by atoms with Gasteiger partial charge in [-0.1, -0.05) is 47.6 Å². The van der Waals surface area contributed by atoms with Crippen LogP contribution in [0.1, 0.15) is 43.6 Å². The second-order valence-corrected chi connectivity index (χ2v) is 10.7. The van der Waals surface area contributed by atoms with Crippen LogP contribution in [0.2, 0.25) is 0 Å². The van der Waals surface area contributed by atoms with E-state index in [1.807, 2.05) is 82.4 Å². The maximum atomic E-state index is 13.0. The van der Waals surface area contributed by atoms with Crippen LogP contribution in [0.4, 0.5) is 0 Å². The number of hydrogen-bond donors (Lipinski definition) is 1. The summed E-state index contributed by atoms with van der Waals surface area (Å²) in [6, 6.07) is 19.8. The van der Waals surface area contributed by atoms with Gasteiger partial charge in [-0.15, -0.1) is 4.72 Å². The molecule has 2 aromatic heterocycles. The molecule has 0 saturated heterocycles. The van der Waals surface area contributed by atoms with Gasteiger partial charge in [-0.05, 0) is 57.0 Å². The van der Waals surface area contributed by atoms with Gasteiger partial charge in [0.25, 0.3) is 0 Å². The van der Waals surface area contributed by atoms with E-state index in [0.717, 1.165) is 39.0 Å². The van der Waals surface area contributed by atoms with Crippen molar-refractivity contribution in [3.8, 4) is 11.3 Å². The third-order valence-corrected chi connectivity index (χ3v) is 6.77. The van der Waals surface area contributed by atoms with Gasteiger partial charge in [0.1, 0.15) is 10.4 Å². The van der Waals surface area contributed by atoms with E-state index in [-0.39, 0.29) is 6.04 Å². The van der Waals surface area contributed by atoms with Crippen molar-refractivity contribution < 1.29 is 9.08 Å². The Morgan fingerprint density at radius 3 is 2.52 bits per heavy atom. The fourth-order valence-electron chi connectivity index (χ4n) is 3.45. The van der Waals surface area contributed by atoms with Crippen LogP contribution in [-0.4, -0.2) is 19.4 Å². The lowest BCUT2D eigenvalue weighted by Gasteiger charge is -2.29. The summed E-state index contributed by atoms with van der Waals surface area (Å²) in [7, 11) is 0. The van der Waals surface area contributed by atoms with E-state index < -0.39 is 16.1 Å². The summed E-state index contributed by atoms with van der Waals surface area (Å²) in [6.45, 7) is 7.92. The minimum absolute atomic E-state index is 0.207. The summed E-state index contributed by atoms with van der Waals surface area (Å²) in [5.41, 5.74) is 5.56. The van der Waals surface area contributed by atoms with Crippen LogP contribution >= 0.6 is 0 Å². The number of aryl methyl sites for hydroxylation is 1. The Hall–Kier alpha value is -2.67. The molecule has 0 aliphatic heterocycles. The number of para-hydroxylation sites is 1. The van der Waals surface area contributed by atoms with E-state index in [2.05, 4.69) is 27.0 Å². The summed E-state index contributed by atoms with van der Waals surface area (Å²) in [6.07, 6.45) is 2.47. The molecule has 2 heterocycles. The number of benzene rings is 2. The Morgan fingerprint density at radius 2 is 1.77 bits per heavy atom. The zero-order valence-electron chi connectivity index (χ0n) is 18.3. The monoisotopic (exact) mass is 433 g/mol. The summed E-state index contributed by atoms with van der Waals surface area (Å²) in [5, 5.41) is 5.32. The van der Waals surface area contributed by atoms with Gasteiger partial charge in [-0.25, -0.2) is 0 Å². The molecule has 5 nitrogen and oxygen atoms in total. The largest absolute Gasteiger partial charge is 0.598 e. The van der Waals surface area contributed by atoms with Crippen molar-refractivity contribution in [2.24, 2.45) is 0 Å². The van der Waals surface area contributed by atoms with Crippen molar-refractivity contribution >= 4 is 22.3 Å². The van der Waals surface area contributed by atoms with Gasteiger partial charge < -0.3 is 9.08 Å². The molecule has 0 saturated carbocycles. The average molecular weight is 434 g/mol. The average Bonchev–Trinajstić information content (AvgIpc) is 3.18. The fraction of sp³-hybridized carbons (Fsp3) is 0.280. The molecule has 1 N–H and O–H groups in total. The highest BCUT2D eigenvalue weighted by Crippen LogP contribution is 2.34. The van der Waals surface area contributed by atoms with Gasteiger partial charge in [-0.3, -0.25) is 4.98 Å². The van der Waals surface area contributed by atoms with Gasteiger partial charge in [0, 0.05) is 40.6 Å². The van der Waals surface area contributed by atoms with Gasteiger partial charge in [-0.2, -0.15) is 0 Å². The number of fused-ring (bicyclic) bond motifs is 1. The lowest BCUT2D eigenvalue weighted by molar-refractivity contribution is 0.459. The Balaban J connectivity index is 1.78. The molecule has 0 amide bonds. The lowest BCUT2D eigenvalue weighted by atomic mass is 9.94. The lowest BCUT2D eigenvalue weighted by Crippen LogP contribution is -2.42. The van der Waals surface area contributed by atoms with Gasteiger partial charge in [0.15, 0.2) is 5.58 Å². The van der Waals surface area contributed by atoms with Crippen molar-refractivity contribution in [2.45, 2.75) is 44.9 Å². The van der Waals surface area contributed by atoms with E-state index in [9.17, 15) is 4.55 Å². The predicted octanol–water partition coefficient (Wildman–Crippen LogP) is 5.53. The van der Waals surface area contributed by atoms with Crippen molar-refractivity contribution in [3.63, 3.8) is 0 Å². The molecule has 0 aliphatic carbocycles. The molecule has 0 bridgehead atoms. The van der Waals surface area contributed by atoms with Crippen molar-refractivity contribution in [2.75, 3.05) is 0 Å². The highest BCUT2D eigenvalue weighted by molar-refractivity contribution is 7.90. The number of aromatic nitrogens is 2. The van der Waals surface area contributed by atoms with Crippen molar-refractivity contribution in [1.29, 1.82) is 0 Å². The molecular formula is C25H27N3O2S. The van der Waals surface area contributed by atoms with Gasteiger partial charge in [0.05, 0.1) is 6.04 Å². The van der Waals surface area contributed by atoms with Gasteiger partial charge >= 0.3 is 0 Å². The molecule has 2 aromatic carbocycles. The van der Waals surface area contributed by atoms with Crippen LogP contribution in [0.25, 0.3) is 22.2 Å². The summed E-state index contributed by atoms with van der Waals surface area (Å²) in [4.78, 5) is 4.58. The maximum absolute atomic E-state index is 13.0. The highest BCUT2D eigenvalue weighted by atomic mass is 32.2. The molecule has 31 heavy (non-hydrogen) atoms. The summed E-state index contributed by atoms with van der Waals surface area (Å²) < 4.78 is 21.6. The normalized spacial score (nSPS) is 14.0. The van der Waals surface area contributed by atoms with Crippen LogP contribution in [-0.2, 0) is 17.8 Å². The van der Waals surface area contributed by atoms with Crippen molar-refractivity contribution in [3.05, 3.63) is 83.7 Å². The maximum Gasteiger partial charge on any atom is 0.167 e. The van der Waals surface area contributed by atoms with Crippen LogP contribution in [0.15, 0.2) is 71.4 Å². The molecule has 1 unspecified atom stereocenters. The first kappa shape index (κ1) is 21.6. The molecule has 0 radical (unpaired) electrons. The Labute approximate surface area is 186 Å². The third-order valence-electron chi connectivity index (χ3n) is 5.16. The van der Waals surface area contributed by atoms with Crippen LogP contribution in [0.5, 0.6) is 0 Å². The first-order valence-electron chi connectivity index (χ1n) is 10.4. The molecular weight excluding hydrogens is 406 g/mol. The van der Waals surface area contributed by atoms with E-state index in [0.29, 0.717) is 6.42 Å². The van der Waals surface area contributed by atoms with Gasteiger partial charge in [0.2, 0.25) is 0 Å². The van der Waals surface area contributed by atoms with Crippen LogP contribution in [0.3, 0.4) is 0 Å². The summed E-state index contributed by atoms with van der Waals surface area (Å²) >= 11 is -1.25. The Bertz CT molecular complexity index is 1170. The third kappa shape index (κ3) is 4.82. The molecule has 2 atom stereocenters. The molecule has 4 rings (SSSR count). The standard InChI is InChI=1S/C25H27N3O2S/c1-17-13-14-18(26-16-17)15-22(28-31(29)25(2,3)4)19-9-5-6-10-20(19)24-21-11-7-8-12-23(21)30-27-24/h5-14,16,22,28H,15H2,1-4H3/t22?,31-/m0/s1. The SMILES string of the molecule is Cc1ccc(CC(N[S@@+]([O-])C(C)(C)C)c2ccccc2-c2noc3ccccc23)nc1. The second kappa shape index (κ2) is 8.83. The minimum Gasteiger partial charge on any atom is -0.598 e. The highest BCUT2D eigenvalue weighted by Gasteiger charge is 2.31. The van der Waals surface area contributed by atoms with E-state index in [1.54, 1.807) is 0 Å². The number of nitrogens with zero attached hydrogens (tertiary/aromatic N) is 2. The molecule has 6 heteroatoms. The molecule has 0 spiro atoms. The molecule has 160 valence electrons. The minimum atomic E-state index is -1.25.